The average Bonchev–Trinajstić information content (AvgIpc) is 3.37. The van der Waals surface area contributed by atoms with Crippen molar-refractivity contribution >= 4 is 21.8 Å². The fourth-order valence-corrected chi connectivity index (χ4v) is 3.72. The van der Waals surface area contributed by atoms with Gasteiger partial charge in [0.05, 0.1) is 24.8 Å². The SMILES string of the molecule is COc1ccc(S(=O)(=O)NCCC(=O)NNC(=O)c2ccc(-n3cnnn3)cc2)cc1OC. The summed E-state index contributed by atoms with van der Waals surface area (Å²) in [6.45, 7) is -0.182. The number of aromatic nitrogens is 4. The summed E-state index contributed by atoms with van der Waals surface area (Å²) in [5, 5.41) is 10.8. The van der Waals surface area contributed by atoms with Crippen LogP contribution in [0.25, 0.3) is 5.69 Å². The largest absolute Gasteiger partial charge is 0.493 e. The average molecular weight is 475 g/mol. The Hall–Kier alpha value is -4.04. The summed E-state index contributed by atoms with van der Waals surface area (Å²) in [5.74, 6) is -0.482. The first-order valence-electron chi connectivity index (χ1n) is 9.48. The molecule has 3 rings (SSSR count). The molecule has 3 N–H and O–H groups in total. The highest BCUT2D eigenvalue weighted by molar-refractivity contribution is 7.89. The van der Waals surface area contributed by atoms with Crippen molar-refractivity contribution in [1.29, 1.82) is 0 Å². The number of amides is 2. The molecule has 0 saturated carbocycles. The predicted molar refractivity (Wildman–Crippen MR) is 114 cm³/mol. The molecule has 14 heteroatoms. The molecule has 13 nitrogen and oxygen atoms in total. The van der Waals surface area contributed by atoms with Crippen LogP contribution in [0.3, 0.4) is 0 Å². The minimum Gasteiger partial charge on any atom is -0.493 e. The molecule has 2 amide bonds. The van der Waals surface area contributed by atoms with Crippen molar-refractivity contribution in [3.05, 3.63) is 54.4 Å². The van der Waals surface area contributed by atoms with Crippen LogP contribution < -0.4 is 25.0 Å². The van der Waals surface area contributed by atoms with Crippen LogP contribution in [0.2, 0.25) is 0 Å². The van der Waals surface area contributed by atoms with Gasteiger partial charge in [0.25, 0.3) is 5.91 Å². The molecule has 0 aliphatic carbocycles. The molecule has 0 spiro atoms. The third-order valence-electron chi connectivity index (χ3n) is 4.37. The Morgan fingerprint density at radius 1 is 1.00 bits per heavy atom. The quantitative estimate of drug-likeness (QED) is 0.355. The van der Waals surface area contributed by atoms with Crippen molar-refractivity contribution < 1.29 is 27.5 Å². The lowest BCUT2D eigenvalue weighted by atomic mass is 10.2. The topological polar surface area (TPSA) is 166 Å². The third kappa shape index (κ3) is 6.02. The van der Waals surface area contributed by atoms with Crippen molar-refractivity contribution in [2.45, 2.75) is 11.3 Å². The normalized spacial score (nSPS) is 11.0. The van der Waals surface area contributed by atoms with Gasteiger partial charge in [-0.2, -0.15) is 0 Å². The van der Waals surface area contributed by atoms with Gasteiger partial charge < -0.3 is 9.47 Å². The van der Waals surface area contributed by atoms with E-state index in [1.807, 2.05) is 0 Å². The second-order valence-corrected chi connectivity index (χ2v) is 8.24. The van der Waals surface area contributed by atoms with E-state index in [9.17, 15) is 18.0 Å². The summed E-state index contributed by atoms with van der Waals surface area (Å²) in [6.07, 6.45) is 1.21. The minimum absolute atomic E-state index is 0.0426. The number of hydrazine groups is 1. The van der Waals surface area contributed by atoms with Gasteiger partial charge in [0, 0.05) is 24.6 Å². The second-order valence-electron chi connectivity index (χ2n) is 6.47. The Morgan fingerprint density at radius 3 is 2.36 bits per heavy atom. The molecule has 174 valence electrons. The van der Waals surface area contributed by atoms with Gasteiger partial charge in [-0.05, 0) is 46.8 Å². The number of nitrogens with one attached hydrogen (secondary N) is 3. The maximum Gasteiger partial charge on any atom is 0.269 e. The van der Waals surface area contributed by atoms with Gasteiger partial charge in [-0.1, -0.05) is 0 Å². The van der Waals surface area contributed by atoms with Crippen LogP contribution in [0.15, 0.2) is 53.7 Å². The van der Waals surface area contributed by atoms with Crippen molar-refractivity contribution in [2.24, 2.45) is 0 Å². The van der Waals surface area contributed by atoms with E-state index in [0.717, 1.165) is 0 Å². The summed E-state index contributed by atoms with van der Waals surface area (Å²) in [6, 6.07) is 10.5. The molecule has 33 heavy (non-hydrogen) atoms. The molecule has 0 radical (unpaired) electrons. The lowest BCUT2D eigenvalue weighted by molar-refractivity contribution is -0.121. The molecule has 0 fully saturated rings. The highest BCUT2D eigenvalue weighted by Crippen LogP contribution is 2.29. The number of hydrogen-bond acceptors (Lipinski definition) is 9. The Morgan fingerprint density at radius 2 is 1.73 bits per heavy atom. The number of benzene rings is 2. The molecule has 0 bridgehead atoms. The number of tetrazole rings is 1. The van der Waals surface area contributed by atoms with E-state index in [-0.39, 0.29) is 23.6 Å². The highest BCUT2D eigenvalue weighted by Gasteiger charge is 2.17. The zero-order chi connectivity index (χ0) is 23.8. The number of rotatable bonds is 9. The first-order chi connectivity index (χ1) is 15.8. The van der Waals surface area contributed by atoms with Crippen LogP contribution in [-0.2, 0) is 14.8 Å². The number of sulfonamides is 1. The van der Waals surface area contributed by atoms with Gasteiger partial charge in [0.2, 0.25) is 15.9 Å². The summed E-state index contributed by atoms with van der Waals surface area (Å²) >= 11 is 0. The lowest BCUT2D eigenvalue weighted by Gasteiger charge is -2.11. The van der Waals surface area contributed by atoms with E-state index in [0.29, 0.717) is 17.0 Å². The fourth-order valence-electron chi connectivity index (χ4n) is 2.67. The molecule has 1 heterocycles. The Balaban J connectivity index is 1.47. The van der Waals surface area contributed by atoms with Gasteiger partial charge in [-0.25, -0.2) is 17.8 Å². The van der Waals surface area contributed by atoms with Crippen LogP contribution in [0, 0.1) is 0 Å². The Bertz CT molecular complexity index is 1210. The van der Waals surface area contributed by atoms with Crippen molar-refractivity contribution in [1.82, 2.24) is 35.8 Å². The number of carbonyl (C=O) groups excluding carboxylic acids is 2. The molecule has 0 unspecified atom stereocenters. The summed E-state index contributed by atoms with van der Waals surface area (Å²) < 4.78 is 38.8. The zero-order valence-corrected chi connectivity index (χ0v) is 18.5. The summed E-state index contributed by atoms with van der Waals surface area (Å²) in [4.78, 5) is 24.1. The molecule has 0 atom stereocenters. The summed E-state index contributed by atoms with van der Waals surface area (Å²) in [5.41, 5.74) is 5.45. The van der Waals surface area contributed by atoms with Crippen LogP contribution in [0.5, 0.6) is 11.5 Å². The highest BCUT2D eigenvalue weighted by atomic mass is 32.2. The minimum atomic E-state index is -3.88. The van der Waals surface area contributed by atoms with Crippen LogP contribution in [0.1, 0.15) is 16.8 Å². The van der Waals surface area contributed by atoms with Gasteiger partial charge in [-0.15, -0.1) is 5.10 Å². The smallest absolute Gasteiger partial charge is 0.269 e. The number of carbonyl (C=O) groups is 2. The van der Waals surface area contributed by atoms with Gasteiger partial charge >= 0.3 is 0 Å². The maximum absolute atomic E-state index is 12.4. The van der Waals surface area contributed by atoms with E-state index < -0.39 is 21.8 Å². The monoisotopic (exact) mass is 475 g/mol. The first kappa shape index (κ1) is 23.6. The summed E-state index contributed by atoms with van der Waals surface area (Å²) in [7, 11) is -1.05. The van der Waals surface area contributed by atoms with E-state index in [1.54, 1.807) is 12.1 Å². The van der Waals surface area contributed by atoms with E-state index >= 15 is 0 Å². The predicted octanol–water partition coefficient (Wildman–Crippen LogP) is -0.191. The van der Waals surface area contributed by atoms with Crippen molar-refractivity contribution in [3.8, 4) is 17.2 Å². The first-order valence-corrected chi connectivity index (χ1v) is 11.0. The van der Waals surface area contributed by atoms with Gasteiger partial charge in [0.15, 0.2) is 11.5 Å². The molecule has 0 saturated heterocycles. The maximum atomic E-state index is 12.4. The fraction of sp³-hybridized carbons (Fsp3) is 0.211. The second kappa shape index (κ2) is 10.5. The molecular formula is C19H21N7O6S. The number of nitrogens with zero attached hydrogens (tertiary/aromatic N) is 4. The zero-order valence-electron chi connectivity index (χ0n) is 17.7. The van der Waals surface area contributed by atoms with Crippen LogP contribution >= 0.6 is 0 Å². The van der Waals surface area contributed by atoms with Gasteiger partial charge in [-0.3, -0.25) is 20.4 Å². The lowest BCUT2D eigenvalue weighted by Crippen LogP contribution is -2.42. The van der Waals surface area contributed by atoms with Gasteiger partial charge in [0.1, 0.15) is 6.33 Å². The number of hydrogen-bond donors (Lipinski definition) is 3. The van der Waals surface area contributed by atoms with E-state index in [4.69, 9.17) is 9.47 Å². The molecule has 3 aromatic rings. The molecule has 0 aliphatic rings. The van der Waals surface area contributed by atoms with E-state index in [1.165, 1.54) is 55.6 Å². The number of ether oxygens (including phenoxy) is 2. The molecular weight excluding hydrogens is 454 g/mol. The standard InChI is InChI=1S/C19H21N7O6S/c1-31-16-8-7-15(11-17(16)32-2)33(29,30)21-10-9-18(27)22-23-19(28)13-3-5-14(6-4-13)26-12-20-24-25-26/h3-8,11-12,21H,9-10H2,1-2H3,(H,22,27)(H,23,28). The van der Waals surface area contributed by atoms with Crippen molar-refractivity contribution in [3.63, 3.8) is 0 Å². The Kier molecular flexibility index (Phi) is 7.53. The Labute approximate surface area is 189 Å². The third-order valence-corrected chi connectivity index (χ3v) is 5.83. The molecule has 2 aromatic carbocycles. The van der Waals surface area contributed by atoms with E-state index in [2.05, 4.69) is 31.1 Å². The molecule has 1 aromatic heterocycles. The van der Waals surface area contributed by atoms with Crippen LogP contribution in [0.4, 0.5) is 0 Å². The molecule has 0 aliphatic heterocycles. The van der Waals surface area contributed by atoms with Crippen LogP contribution in [-0.4, -0.2) is 61.2 Å². The number of methoxy groups -OCH3 is 2. The van der Waals surface area contributed by atoms with Crippen molar-refractivity contribution in [2.75, 3.05) is 20.8 Å².